The predicted molar refractivity (Wildman–Crippen MR) is 76.6 cm³/mol. The van der Waals surface area contributed by atoms with Crippen LogP contribution in [0.3, 0.4) is 0 Å². The maximum absolute atomic E-state index is 13.0. The van der Waals surface area contributed by atoms with Gasteiger partial charge in [0, 0.05) is 13.1 Å². The lowest BCUT2D eigenvalue weighted by atomic mass is 9.87. The van der Waals surface area contributed by atoms with E-state index in [0.717, 1.165) is 6.07 Å². The van der Waals surface area contributed by atoms with Gasteiger partial charge in [-0.25, -0.2) is 0 Å². The smallest absolute Gasteiger partial charge is 0.416 e. The van der Waals surface area contributed by atoms with Gasteiger partial charge in [0.25, 0.3) is 0 Å². The number of alkyl halides is 3. The summed E-state index contributed by atoms with van der Waals surface area (Å²) < 4.78 is 38.9. The lowest BCUT2D eigenvalue weighted by molar-refractivity contribution is -0.148. The second-order valence-electron chi connectivity index (χ2n) is 5.88. The molecule has 0 aliphatic carbocycles. The fourth-order valence-corrected chi connectivity index (χ4v) is 2.96. The number of carbonyl (C=O) groups excluding carboxylic acids is 1. The van der Waals surface area contributed by atoms with E-state index >= 15 is 0 Å². The molecule has 1 aliphatic heterocycles. The molecule has 0 bridgehead atoms. The van der Waals surface area contributed by atoms with Crippen LogP contribution in [0.1, 0.15) is 24.5 Å². The average Bonchev–Trinajstić information content (AvgIpc) is 2.46. The van der Waals surface area contributed by atoms with Gasteiger partial charge in [-0.15, -0.1) is 0 Å². The fraction of sp³-hybridized carbons (Fsp3) is 0.500. The molecule has 1 aromatic rings. The van der Waals surface area contributed by atoms with Crippen molar-refractivity contribution in [2.24, 2.45) is 11.8 Å². The normalized spacial score (nSPS) is 22.0. The molecule has 0 saturated carbocycles. The van der Waals surface area contributed by atoms with Crippen LogP contribution in [0.4, 0.5) is 13.2 Å². The predicted octanol–water partition coefficient (Wildman–Crippen LogP) is 2.82. The minimum absolute atomic E-state index is 0.0574. The van der Waals surface area contributed by atoms with Gasteiger partial charge in [-0.05, 0) is 24.0 Å². The largest absolute Gasteiger partial charge is 0.481 e. The van der Waals surface area contributed by atoms with E-state index in [4.69, 9.17) is 5.11 Å². The second kappa shape index (κ2) is 6.60. The third-order valence-electron chi connectivity index (χ3n) is 4.24. The number of hydrogen-bond donors (Lipinski definition) is 1. The first-order valence-electron chi connectivity index (χ1n) is 7.36. The van der Waals surface area contributed by atoms with Crippen molar-refractivity contribution in [1.29, 1.82) is 0 Å². The zero-order chi connectivity index (χ0) is 17.2. The molecule has 1 N–H and O–H groups in total. The molecule has 2 atom stereocenters. The van der Waals surface area contributed by atoms with Crippen molar-refractivity contribution < 1.29 is 27.9 Å². The Labute approximate surface area is 131 Å². The van der Waals surface area contributed by atoms with Gasteiger partial charge in [0.1, 0.15) is 0 Å². The summed E-state index contributed by atoms with van der Waals surface area (Å²) in [5, 5.41) is 9.07. The number of halogens is 3. The molecule has 126 valence electrons. The van der Waals surface area contributed by atoms with Crippen LogP contribution in [-0.2, 0) is 22.2 Å². The number of amides is 1. The standard InChI is InChI=1S/C16H18F3NO3/c1-10-9-20(7-6-12(10)15(22)23)14(21)8-11-4-2-3-5-13(11)16(17,18)19/h2-5,10,12H,6-9H2,1H3,(H,22,23). The average molecular weight is 329 g/mol. The van der Waals surface area contributed by atoms with Crippen LogP contribution >= 0.6 is 0 Å². The summed E-state index contributed by atoms with van der Waals surface area (Å²) in [6.07, 6.45) is -4.51. The van der Waals surface area contributed by atoms with Gasteiger partial charge in [0.05, 0.1) is 17.9 Å². The molecule has 1 amide bonds. The fourth-order valence-electron chi connectivity index (χ4n) is 2.96. The number of nitrogens with zero attached hydrogens (tertiary/aromatic N) is 1. The van der Waals surface area contributed by atoms with E-state index < -0.39 is 29.5 Å². The Morgan fingerprint density at radius 1 is 1.30 bits per heavy atom. The van der Waals surface area contributed by atoms with Gasteiger partial charge in [-0.3, -0.25) is 9.59 Å². The summed E-state index contributed by atoms with van der Waals surface area (Å²) in [5.74, 6) is -2.03. The molecule has 1 aromatic carbocycles. The summed E-state index contributed by atoms with van der Waals surface area (Å²) >= 11 is 0. The van der Waals surface area contributed by atoms with Crippen molar-refractivity contribution in [2.75, 3.05) is 13.1 Å². The Kier molecular flexibility index (Phi) is 4.97. The first kappa shape index (κ1) is 17.3. The van der Waals surface area contributed by atoms with Crippen LogP contribution in [0.2, 0.25) is 0 Å². The van der Waals surface area contributed by atoms with Gasteiger partial charge in [0.2, 0.25) is 5.91 Å². The zero-order valence-corrected chi connectivity index (χ0v) is 12.6. The molecule has 0 spiro atoms. The van der Waals surface area contributed by atoms with E-state index in [1.54, 1.807) is 6.92 Å². The first-order chi connectivity index (χ1) is 10.7. The van der Waals surface area contributed by atoms with Crippen LogP contribution in [0.5, 0.6) is 0 Å². The Hall–Kier alpha value is -2.05. The van der Waals surface area contributed by atoms with E-state index in [1.165, 1.54) is 23.1 Å². The number of piperidine rings is 1. The Bertz CT molecular complexity index is 600. The lowest BCUT2D eigenvalue weighted by Crippen LogP contribution is -2.45. The highest BCUT2D eigenvalue weighted by Gasteiger charge is 2.35. The summed E-state index contributed by atoms with van der Waals surface area (Å²) in [6.45, 7) is 2.25. The van der Waals surface area contributed by atoms with E-state index in [9.17, 15) is 22.8 Å². The number of hydrogen-bond acceptors (Lipinski definition) is 2. The third kappa shape index (κ3) is 4.03. The van der Waals surface area contributed by atoms with Gasteiger partial charge in [-0.2, -0.15) is 13.2 Å². The molecular weight excluding hydrogens is 311 g/mol. The molecule has 1 saturated heterocycles. The summed E-state index contributed by atoms with van der Waals surface area (Å²) in [4.78, 5) is 24.8. The van der Waals surface area contributed by atoms with Crippen LogP contribution in [0.25, 0.3) is 0 Å². The summed E-state index contributed by atoms with van der Waals surface area (Å²) in [7, 11) is 0. The van der Waals surface area contributed by atoms with Crippen molar-refractivity contribution in [3.05, 3.63) is 35.4 Å². The maximum atomic E-state index is 13.0. The minimum atomic E-state index is -4.50. The highest BCUT2D eigenvalue weighted by Crippen LogP contribution is 2.32. The molecule has 0 aromatic heterocycles. The van der Waals surface area contributed by atoms with Crippen LogP contribution < -0.4 is 0 Å². The first-order valence-corrected chi connectivity index (χ1v) is 7.36. The molecule has 2 rings (SSSR count). The van der Waals surface area contributed by atoms with Crippen molar-refractivity contribution in [1.82, 2.24) is 4.90 Å². The zero-order valence-electron chi connectivity index (χ0n) is 12.6. The number of carboxylic acids is 1. The van der Waals surface area contributed by atoms with Crippen molar-refractivity contribution in [2.45, 2.75) is 25.9 Å². The number of benzene rings is 1. The van der Waals surface area contributed by atoms with Crippen molar-refractivity contribution in [3.8, 4) is 0 Å². The molecule has 1 fully saturated rings. The second-order valence-corrected chi connectivity index (χ2v) is 5.88. The number of aliphatic carboxylic acids is 1. The molecule has 1 aliphatic rings. The molecule has 4 nitrogen and oxygen atoms in total. The van der Waals surface area contributed by atoms with Crippen LogP contribution in [0.15, 0.2) is 24.3 Å². The van der Waals surface area contributed by atoms with E-state index in [2.05, 4.69) is 0 Å². The van der Waals surface area contributed by atoms with E-state index in [1.807, 2.05) is 0 Å². The quantitative estimate of drug-likeness (QED) is 0.928. The molecule has 2 unspecified atom stereocenters. The van der Waals surface area contributed by atoms with Crippen molar-refractivity contribution >= 4 is 11.9 Å². The monoisotopic (exact) mass is 329 g/mol. The molecule has 23 heavy (non-hydrogen) atoms. The van der Waals surface area contributed by atoms with Crippen LogP contribution in [0, 0.1) is 11.8 Å². The maximum Gasteiger partial charge on any atom is 0.416 e. The summed E-state index contributed by atoms with van der Waals surface area (Å²) in [6, 6.07) is 5.02. The molecule has 0 radical (unpaired) electrons. The van der Waals surface area contributed by atoms with Gasteiger partial charge < -0.3 is 10.0 Å². The Balaban J connectivity index is 2.08. The number of carbonyl (C=O) groups is 2. The topological polar surface area (TPSA) is 57.6 Å². The van der Waals surface area contributed by atoms with E-state index in [-0.39, 0.29) is 31.0 Å². The molecular formula is C16H18F3NO3. The number of carboxylic acid groups (broad SMARTS) is 1. The van der Waals surface area contributed by atoms with Gasteiger partial charge in [-0.1, -0.05) is 25.1 Å². The number of likely N-dealkylation sites (tertiary alicyclic amines) is 1. The number of rotatable bonds is 3. The molecule has 1 heterocycles. The Morgan fingerprint density at radius 2 is 1.96 bits per heavy atom. The SMILES string of the molecule is CC1CN(C(=O)Cc2ccccc2C(F)(F)F)CCC1C(=O)O. The van der Waals surface area contributed by atoms with Gasteiger partial charge in [0.15, 0.2) is 0 Å². The highest BCUT2D eigenvalue weighted by molar-refractivity contribution is 5.80. The van der Waals surface area contributed by atoms with Gasteiger partial charge >= 0.3 is 12.1 Å². The Morgan fingerprint density at radius 3 is 2.52 bits per heavy atom. The lowest BCUT2D eigenvalue weighted by Gasteiger charge is -2.35. The summed E-state index contributed by atoms with van der Waals surface area (Å²) in [5.41, 5.74) is -0.861. The highest BCUT2D eigenvalue weighted by atomic mass is 19.4. The molecule has 7 heteroatoms. The van der Waals surface area contributed by atoms with Crippen molar-refractivity contribution in [3.63, 3.8) is 0 Å². The third-order valence-corrected chi connectivity index (χ3v) is 4.24. The van der Waals surface area contributed by atoms with Crippen LogP contribution in [-0.4, -0.2) is 35.0 Å². The van der Waals surface area contributed by atoms with E-state index in [0.29, 0.717) is 6.42 Å². The minimum Gasteiger partial charge on any atom is -0.481 e.